The van der Waals surface area contributed by atoms with Crippen LogP contribution in [0.5, 0.6) is 0 Å². The van der Waals surface area contributed by atoms with Crippen molar-refractivity contribution < 1.29 is 19.1 Å². The number of carbonyl (C=O) groups excluding carboxylic acids is 3. The van der Waals surface area contributed by atoms with Gasteiger partial charge in [0.15, 0.2) is 0 Å². The zero-order valence-corrected chi connectivity index (χ0v) is 15.8. The van der Waals surface area contributed by atoms with Crippen LogP contribution in [0, 0.1) is 11.8 Å². The Kier molecular flexibility index (Phi) is 5.43. The lowest BCUT2D eigenvalue weighted by Crippen LogP contribution is -2.36. The van der Waals surface area contributed by atoms with Gasteiger partial charge in [-0.15, -0.1) is 0 Å². The summed E-state index contributed by atoms with van der Waals surface area (Å²) in [6.45, 7) is 3.32. The summed E-state index contributed by atoms with van der Waals surface area (Å²) in [6, 6.07) is 7.70. The highest BCUT2D eigenvalue weighted by Gasteiger charge is 2.46. The molecule has 0 radical (unpaired) electrons. The normalized spacial score (nSPS) is 24.4. The summed E-state index contributed by atoms with van der Waals surface area (Å²) >= 11 is 0. The number of rotatable bonds is 5. The second-order valence-electron chi connectivity index (χ2n) is 7.43. The van der Waals surface area contributed by atoms with Crippen molar-refractivity contribution in [2.24, 2.45) is 11.8 Å². The molecule has 0 spiro atoms. The molecule has 2 atom stereocenters. The molecule has 1 N–H and O–H groups in total. The lowest BCUT2D eigenvalue weighted by atomic mass is 9.85. The predicted octanol–water partition coefficient (Wildman–Crippen LogP) is 1.80. The molecule has 2 fully saturated rings. The Bertz CT molecular complexity index is 757. The van der Waals surface area contributed by atoms with Crippen LogP contribution in [0.15, 0.2) is 36.4 Å². The second kappa shape index (κ2) is 8.14. The Morgan fingerprint density at radius 3 is 2.21 bits per heavy atom. The smallest absolute Gasteiger partial charge is 0.233 e. The molecular weight excluding hydrogens is 358 g/mol. The Morgan fingerprint density at radius 1 is 1.00 bits per heavy atom. The van der Waals surface area contributed by atoms with Crippen LogP contribution in [-0.4, -0.2) is 55.5 Å². The highest BCUT2D eigenvalue weighted by atomic mass is 16.5. The van der Waals surface area contributed by atoms with Crippen LogP contribution in [0.1, 0.15) is 19.3 Å². The zero-order chi connectivity index (χ0) is 19.5. The summed E-state index contributed by atoms with van der Waals surface area (Å²) in [4.78, 5) is 40.7. The molecular formula is C21H25N3O4. The highest BCUT2D eigenvalue weighted by molar-refractivity contribution is 6.05. The third-order valence-electron chi connectivity index (χ3n) is 5.69. The molecule has 0 saturated carbocycles. The van der Waals surface area contributed by atoms with Crippen molar-refractivity contribution in [3.05, 3.63) is 36.4 Å². The number of likely N-dealkylation sites (tertiary alicyclic amines) is 1. The molecule has 3 aliphatic rings. The van der Waals surface area contributed by atoms with E-state index in [1.807, 2.05) is 36.4 Å². The number of carbonyl (C=O) groups is 3. The number of ether oxygens (including phenoxy) is 1. The van der Waals surface area contributed by atoms with E-state index in [-0.39, 0.29) is 42.5 Å². The number of anilines is 2. The van der Waals surface area contributed by atoms with Crippen molar-refractivity contribution in [2.75, 3.05) is 43.1 Å². The second-order valence-corrected chi connectivity index (χ2v) is 7.43. The van der Waals surface area contributed by atoms with E-state index < -0.39 is 0 Å². The maximum atomic E-state index is 12.4. The monoisotopic (exact) mass is 383 g/mol. The van der Waals surface area contributed by atoms with Crippen LogP contribution in [0.4, 0.5) is 11.4 Å². The number of nitrogens with one attached hydrogen (secondary N) is 1. The average Bonchev–Trinajstić information content (AvgIpc) is 2.98. The van der Waals surface area contributed by atoms with Gasteiger partial charge in [0.25, 0.3) is 0 Å². The first kappa shape index (κ1) is 18.7. The van der Waals surface area contributed by atoms with Gasteiger partial charge in [-0.05, 0) is 37.1 Å². The number of benzene rings is 1. The van der Waals surface area contributed by atoms with Crippen LogP contribution in [0.3, 0.4) is 0 Å². The van der Waals surface area contributed by atoms with Gasteiger partial charge >= 0.3 is 0 Å². The zero-order valence-electron chi connectivity index (χ0n) is 15.8. The number of morpholine rings is 1. The molecule has 3 amide bonds. The molecule has 7 nitrogen and oxygen atoms in total. The molecule has 2 saturated heterocycles. The van der Waals surface area contributed by atoms with Crippen molar-refractivity contribution in [2.45, 2.75) is 19.3 Å². The van der Waals surface area contributed by atoms with Crippen molar-refractivity contribution in [1.29, 1.82) is 0 Å². The fourth-order valence-corrected chi connectivity index (χ4v) is 4.10. The van der Waals surface area contributed by atoms with Gasteiger partial charge in [0.05, 0.1) is 25.0 Å². The third-order valence-corrected chi connectivity index (χ3v) is 5.69. The van der Waals surface area contributed by atoms with Crippen LogP contribution in [0.25, 0.3) is 0 Å². The Labute approximate surface area is 164 Å². The molecule has 148 valence electrons. The van der Waals surface area contributed by atoms with E-state index in [4.69, 9.17) is 4.74 Å². The largest absolute Gasteiger partial charge is 0.378 e. The minimum atomic E-state index is -0.242. The molecule has 7 heteroatoms. The molecule has 1 aromatic carbocycles. The Balaban J connectivity index is 1.29. The number of amides is 3. The first-order valence-corrected chi connectivity index (χ1v) is 9.86. The predicted molar refractivity (Wildman–Crippen MR) is 105 cm³/mol. The van der Waals surface area contributed by atoms with Crippen molar-refractivity contribution >= 4 is 29.1 Å². The first-order chi connectivity index (χ1) is 13.6. The number of allylic oxidation sites excluding steroid dienone is 2. The molecule has 0 aromatic heterocycles. The summed E-state index contributed by atoms with van der Waals surface area (Å²) in [5, 5.41) is 2.84. The summed E-state index contributed by atoms with van der Waals surface area (Å²) in [7, 11) is 0. The average molecular weight is 383 g/mol. The molecule has 2 heterocycles. The summed E-state index contributed by atoms with van der Waals surface area (Å²) in [5.41, 5.74) is 1.81. The van der Waals surface area contributed by atoms with E-state index in [2.05, 4.69) is 10.2 Å². The summed E-state index contributed by atoms with van der Waals surface area (Å²) < 4.78 is 5.36. The van der Waals surface area contributed by atoms with Crippen LogP contribution < -0.4 is 10.2 Å². The van der Waals surface area contributed by atoms with Gasteiger partial charge in [0.1, 0.15) is 0 Å². The minimum Gasteiger partial charge on any atom is -0.378 e. The number of nitrogens with zero attached hydrogens (tertiary/aromatic N) is 2. The SMILES string of the molecule is O=C(CCN1C(=O)C2CC=CCC2C1=O)Nc1ccc(N2CCOCC2)cc1. The van der Waals surface area contributed by atoms with Gasteiger partial charge < -0.3 is 15.0 Å². The lowest BCUT2D eigenvalue weighted by Gasteiger charge is -2.28. The molecule has 2 aliphatic heterocycles. The number of fused-ring (bicyclic) bond motifs is 1. The van der Waals surface area contributed by atoms with Crippen molar-refractivity contribution in [1.82, 2.24) is 4.90 Å². The van der Waals surface area contributed by atoms with E-state index in [1.54, 1.807) is 0 Å². The highest BCUT2D eigenvalue weighted by Crippen LogP contribution is 2.35. The molecule has 2 unspecified atom stereocenters. The maximum Gasteiger partial charge on any atom is 0.233 e. The van der Waals surface area contributed by atoms with Gasteiger partial charge in [-0.1, -0.05) is 12.2 Å². The van der Waals surface area contributed by atoms with Crippen molar-refractivity contribution in [3.8, 4) is 0 Å². The van der Waals surface area contributed by atoms with Gasteiger partial charge in [-0.25, -0.2) is 0 Å². The summed E-state index contributed by atoms with van der Waals surface area (Å²) in [6.07, 6.45) is 5.27. The van der Waals surface area contributed by atoms with Crippen LogP contribution in [-0.2, 0) is 19.1 Å². The van der Waals surface area contributed by atoms with E-state index in [0.29, 0.717) is 18.5 Å². The number of imide groups is 1. The van der Waals surface area contributed by atoms with E-state index in [1.165, 1.54) is 4.90 Å². The molecule has 28 heavy (non-hydrogen) atoms. The first-order valence-electron chi connectivity index (χ1n) is 9.86. The lowest BCUT2D eigenvalue weighted by molar-refractivity contribution is -0.140. The quantitative estimate of drug-likeness (QED) is 0.620. The van der Waals surface area contributed by atoms with Crippen molar-refractivity contribution in [3.63, 3.8) is 0 Å². The van der Waals surface area contributed by atoms with E-state index >= 15 is 0 Å². The van der Waals surface area contributed by atoms with Gasteiger partial charge in [0.2, 0.25) is 17.7 Å². The molecule has 0 bridgehead atoms. The van der Waals surface area contributed by atoms with E-state index in [9.17, 15) is 14.4 Å². The topological polar surface area (TPSA) is 79.0 Å². The molecule has 4 rings (SSSR count). The molecule has 1 aliphatic carbocycles. The van der Waals surface area contributed by atoms with Crippen LogP contribution >= 0.6 is 0 Å². The number of hydrogen-bond acceptors (Lipinski definition) is 5. The van der Waals surface area contributed by atoms with E-state index in [0.717, 1.165) is 32.0 Å². The standard InChI is InChI=1S/C21H25N3O4/c25-19(9-10-24-20(26)17-3-1-2-4-18(17)21(24)27)22-15-5-7-16(8-6-15)23-11-13-28-14-12-23/h1-2,5-8,17-18H,3-4,9-14H2,(H,22,25). The number of hydrogen-bond donors (Lipinski definition) is 1. The third kappa shape index (κ3) is 3.80. The van der Waals surface area contributed by atoms with Gasteiger partial charge in [-0.2, -0.15) is 0 Å². The summed E-state index contributed by atoms with van der Waals surface area (Å²) in [5.74, 6) is -0.960. The van der Waals surface area contributed by atoms with Crippen LogP contribution in [0.2, 0.25) is 0 Å². The Hall–Kier alpha value is -2.67. The Morgan fingerprint density at radius 2 is 1.61 bits per heavy atom. The minimum absolute atomic E-state index is 0.107. The van der Waals surface area contributed by atoms with Gasteiger partial charge in [0, 0.05) is 37.4 Å². The maximum absolute atomic E-state index is 12.4. The molecule has 1 aromatic rings. The van der Waals surface area contributed by atoms with Gasteiger partial charge in [-0.3, -0.25) is 19.3 Å². The fourth-order valence-electron chi connectivity index (χ4n) is 4.10. The fraction of sp³-hybridized carbons (Fsp3) is 0.476.